The van der Waals surface area contributed by atoms with Crippen molar-refractivity contribution in [2.75, 3.05) is 13.1 Å². The van der Waals surface area contributed by atoms with Gasteiger partial charge in [-0.15, -0.1) is 0 Å². The number of nitrogens with one attached hydrogen (secondary N) is 2. The number of nitrogens with zero attached hydrogens (tertiary/aromatic N) is 2. The third-order valence-corrected chi connectivity index (χ3v) is 5.75. The van der Waals surface area contributed by atoms with Crippen LogP contribution in [0.1, 0.15) is 40.0 Å². The van der Waals surface area contributed by atoms with Gasteiger partial charge in [0.05, 0.1) is 6.54 Å². The van der Waals surface area contributed by atoms with Crippen molar-refractivity contribution in [2.45, 2.75) is 64.7 Å². The van der Waals surface area contributed by atoms with Crippen molar-refractivity contribution < 1.29 is 4.39 Å². The van der Waals surface area contributed by atoms with Crippen molar-refractivity contribution in [1.29, 1.82) is 0 Å². The van der Waals surface area contributed by atoms with Crippen LogP contribution in [-0.4, -0.2) is 49.6 Å². The standard InChI is InChI=1S/C21H34BFN5S/c1-5-7-9-22-27-17-12-20-18(19(24)8-10-25-16(4)23)13-26-21(28(20)14-17)15(3)29-11-6-2/h6,8,10-11,16-17,19,25,27H,3,5,7,9,12-14,24H2,1-2,4H3/b10-8-,11-6-. The number of aliphatic imine (C=N–C) groups is 1. The first-order valence-electron chi connectivity index (χ1n) is 10.4. The maximum absolute atomic E-state index is 13.0. The lowest BCUT2D eigenvalue weighted by molar-refractivity contribution is 0.329. The molecule has 0 saturated carbocycles. The van der Waals surface area contributed by atoms with Gasteiger partial charge in [0.1, 0.15) is 5.84 Å². The van der Waals surface area contributed by atoms with Gasteiger partial charge in [0.2, 0.25) is 7.41 Å². The summed E-state index contributed by atoms with van der Waals surface area (Å²) in [6.45, 7) is 11.2. The Kier molecular flexibility index (Phi) is 10.0. The van der Waals surface area contributed by atoms with E-state index in [2.05, 4.69) is 36.4 Å². The molecule has 2 rings (SSSR count). The lowest BCUT2D eigenvalue weighted by atomic mass is 9.85. The molecule has 3 atom stereocenters. The van der Waals surface area contributed by atoms with Crippen molar-refractivity contribution in [2.24, 2.45) is 10.7 Å². The predicted molar refractivity (Wildman–Crippen MR) is 125 cm³/mol. The van der Waals surface area contributed by atoms with Gasteiger partial charge in [-0.1, -0.05) is 50.5 Å². The fourth-order valence-electron chi connectivity index (χ4n) is 3.41. The van der Waals surface area contributed by atoms with E-state index in [4.69, 9.17) is 10.7 Å². The molecule has 0 aliphatic carbocycles. The molecular formula is C21H34BFN5S. The summed E-state index contributed by atoms with van der Waals surface area (Å²) in [5, 5.41) is 8.22. The van der Waals surface area contributed by atoms with Gasteiger partial charge < -0.3 is 21.2 Å². The zero-order chi connectivity index (χ0) is 21.2. The van der Waals surface area contributed by atoms with E-state index in [1.807, 2.05) is 18.4 Å². The van der Waals surface area contributed by atoms with E-state index >= 15 is 0 Å². The van der Waals surface area contributed by atoms with Crippen LogP contribution in [0, 0.1) is 0 Å². The van der Waals surface area contributed by atoms with E-state index in [1.54, 1.807) is 24.0 Å². The van der Waals surface area contributed by atoms with Crippen molar-refractivity contribution in [3.05, 3.63) is 46.5 Å². The summed E-state index contributed by atoms with van der Waals surface area (Å²) in [6, 6.07) is 0.0168. The number of nitrogens with two attached hydrogens (primary N) is 1. The molecule has 0 amide bonds. The van der Waals surface area contributed by atoms with E-state index in [0.29, 0.717) is 12.6 Å². The Morgan fingerprint density at radius 1 is 1.55 bits per heavy atom. The number of thioether (sulfide) groups is 1. The summed E-state index contributed by atoms with van der Waals surface area (Å²) in [7, 11) is 2.18. The van der Waals surface area contributed by atoms with E-state index < -0.39 is 6.30 Å². The first-order valence-corrected chi connectivity index (χ1v) is 11.3. The van der Waals surface area contributed by atoms with Crippen LogP contribution in [0.3, 0.4) is 0 Å². The minimum atomic E-state index is -1.10. The summed E-state index contributed by atoms with van der Waals surface area (Å²) in [5.74, 6) is 0.927. The Labute approximate surface area is 180 Å². The number of amidine groups is 1. The lowest BCUT2D eigenvalue weighted by Gasteiger charge is -2.30. The number of alkyl halides is 1. The normalized spacial score (nSPS) is 21.5. The molecule has 0 bridgehead atoms. The Morgan fingerprint density at radius 2 is 2.34 bits per heavy atom. The SMILES string of the molecule is C=C(S/C=C\C)C1=NCC(C(N)/C=C\NC(C)F)=C2CC(N[B]CCCC)CN12. The van der Waals surface area contributed by atoms with Crippen LogP contribution < -0.4 is 16.3 Å². The van der Waals surface area contributed by atoms with Gasteiger partial charge in [-0.25, -0.2) is 4.39 Å². The predicted octanol–water partition coefficient (Wildman–Crippen LogP) is 3.68. The average molecular weight is 418 g/mol. The Balaban J connectivity index is 2.15. The molecule has 3 unspecified atom stereocenters. The Bertz CT molecular complexity index is 674. The minimum Gasteiger partial charge on any atom is -0.363 e. The third-order valence-electron chi connectivity index (χ3n) is 4.88. The molecule has 0 aromatic rings. The molecule has 2 aliphatic heterocycles. The van der Waals surface area contributed by atoms with E-state index in [9.17, 15) is 4.39 Å². The molecule has 1 fully saturated rings. The van der Waals surface area contributed by atoms with Crippen molar-refractivity contribution >= 4 is 25.0 Å². The Morgan fingerprint density at radius 3 is 3.03 bits per heavy atom. The molecule has 1 radical (unpaired) electrons. The van der Waals surface area contributed by atoms with Crippen LogP contribution in [0.2, 0.25) is 6.32 Å². The van der Waals surface area contributed by atoms with Crippen LogP contribution in [-0.2, 0) is 0 Å². The van der Waals surface area contributed by atoms with Gasteiger partial charge >= 0.3 is 0 Å². The zero-order valence-electron chi connectivity index (χ0n) is 17.8. The number of allylic oxidation sites excluding steroid dienone is 1. The Hall–Kier alpha value is -1.51. The van der Waals surface area contributed by atoms with Gasteiger partial charge in [-0.3, -0.25) is 4.99 Å². The summed E-state index contributed by atoms with van der Waals surface area (Å²) in [6.07, 6.45) is 8.64. The maximum atomic E-state index is 13.0. The molecule has 29 heavy (non-hydrogen) atoms. The second-order valence-electron chi connectivity index (χ2n) is 7.31. The van der Waals surface area contributed by atoms with Gasteiger partial charge in [-0.2, -0.15) is 0 Å². The molecular weight excluding hydrogens is 384 g/mol. The molecule has 2 heterocycles. The van der Waals surface area contributed by atoms with Crippen molar-refractivity contribution in [1.82, 2.24) is 15.4 Å². The van der Waals surface area contributed by atoms with Crippen LogP contribution in [0.25, 0.3) is 0 Å². The molecule has 1 saturated heterocycles. The molecule has 159 valence electrons. The smallest absolute Gasteiger partial charge is 0.205 e. The third kappa shape index (κ3) is 7.05. The summed E-state index contributed by atoms with van der Waals surface area (Å²) in [4.78, 5) is 7.99. The lowest BCUT2D eigenvalue weighted by Crippen LogP contribution is -2.39. The topological polar surface area (TPSA) is 65.7 Å². The number of fused-ring (bicyclic) bond motifs is 1. The van der Waals surface area contributed by atoms with Crippen molar-refractivity contribution in [3.63, 3.8) is 0 Å². The van der Waals surface area contributed by atoms with Gasteiger partial charge in [0, 0.05) is 35.7 Å². The number of halogens is 1. The van der Waals surface area contributed by atoms with Crippen LogP contribution in [0.4, 0.5) is 4.39 Å². The van der Waals surface area contributed by atoms with E-state index in [0.717, 1.165) is 35.6 Å². The van der Waals surface area contributed by atoms with Gasteiger partial charge in [0.15, 0.2) is 6.30 Å². The van der Waals surface area contributed by atoms with Crippen LogP contribution in [0.5, 0.6) is 0 Å². The fourth-order valence-corrected chi connectivity index (χ4v) is 3.99. The first-order chi connectivity index (χ1) is 14.0. The molecule has 5 nitrogen and oxygen atoms in total. The van der Waals surface area contributed by atoms with Crippen LogP contribution in [0.15, 0.2) is 51.5 Å². The maximum Gasteiger partial charge on any atom is 0.205 e. The van der Waals surface area contributed by atoms with E-state index in [-0.39, 0.29) is 6.04 Å². The summed E-state index contributed by atoms with van der Waals surface area (Å²) >= 11 is 1.59. The average Bonchev–Trinajstić information content (AvgIpc) is 3.12. The molecule has 8 heteroatoms. The van der Waals surface area contributed by atoms with Gasteiger partial charge in [0.25, 0.3) is 0 Å². The molecule has 2 aliphatic rings. The quantitative estimate of drug-likeness (QED) is 0.256. The second-order valence-corrected chi connectivity index (χ2v) is 8.32. The highest BCUT2D eigenvalue weighted by Crippen LogP contribution is 2.34. The number of hydrogen-bond acceptors (Lipinski definition) is 6. The minimum absolute atomic E-state index is 0.302. The molecule has 4 N–H and O–H groups in total. The second kappa shape index (κ2) is 12.2. The molecule has 0 spiro atoms. The fraction of sp³-hybridized carbons (Fsp3) is 0.571. The summed E-state index contributed by atoms with van der Waals surface area (Å²) in [5.41, 5.74) is 8.70. The highest BCUT2D eigenvalue weighted by atomic mass is 32.2. The zero-order valence-corrected chi connectivity index (χ0v) is 18.6. The van der Waals surface area contributed by atoms with Crippen molar-refractivity contribution in [3.8, 4) is 0 Å². The summed E-state index contributed by atoms with van der Waals surface area (Å²) < 4.78 is 13.0. The van der Waals surface area contributed by atoms with E-state index in [1.165, 1.54) is 25.5 Å². The number of hydrogen-bond donors (Lipinski definition) is 3. The monoisotopic (exact) mass is 418 g/mol. The highest BCUT2D eigenvalue weighted by molar-refractivity contribution is 8.06. The first kappa shape index (κ1) is 23.8. The molecule has 0 aromatic carbocycles. The number of rotatable bonds is 12. The van der Waals surface area contributed by atoms with Crippen LogP contribution >= 0.6 is 11.8 Å². The highest BCUT2D eigenvalue weighted by Gasteiger charge is 2.35. The largest absolute Gasteiger partial charge is 0.363 e. The molecule has 0 aromatic heterocycles. The number of unbranched alkanes of at least 4 members (excludes halogenated alkanes) is 1. The van der Waals surface area contributed by atoms with Gasteiger partial charge in [-0.05, 0) is 37.1 Å².